The lowest BCUT2D eigenvalue weighted by Gasteiger charge is -2.18. The smallest absolute Gasteiger partial charge is 0.216 e. The molecule has 94 valence electrons. The summed E-state index contributed by atoms with van der Waals surface area (Å²) in [4.78, 5) is 14.4. The van der Waals surface area contributed by atoms with Crippen molar-refractivity contribution in [1.29, 1.82) is 0 Å². The molecule has 1 heterocycles. The Balaban J connectivity index is 2.70. The second-order valence-electron chi connectivity index (χ2n) is 3.60. The zero-order valence-corrected chi connectivity index (χ0v) is 9.98. The second kappa shape index (κ2) is 5.81. The van der Waals surface area contributed by atoms with Gasteiger partial charge in [-0.25, -0.2) is 4.98 Å². The van der Waals surface area contributed by atoms with Crippen molar-refractivity contribution in [3.05, 3.63) is 23.0 Å². The van der Waals surface area contributed by atoms with Crippen molar-refractivity contribution >= 4 is 23.2 Å². The molecule has 0 bridgehead atoms. The lowest BCUT2D eigenvalue weighted by atomic mass is 10.1. The number of carbonyl (C=O) groups excluding carboxylic acids is 1. The van der Waals surface area contributed by atoms with Crippen molar-refractivity contribution in [2.45, 2.75) is 19.1 Å². The van der Waals surface area contributed by atoms with Gasteiger partial charge in [0.15, 0.2) is 5.15 Å². The molecule has 1 rings (SSSR count). The van der Waals surface area contributed by atoms with Crippen molar-refractivity contribution in [1.82, 2.24) is 10.3 Å². The van der Waals surface area contributed by atoms with Crippen LogP contribution in [0.3, 0.4) is 0 Å². The van der Waals surface area contributed by atoms with E-state index in [1.54, 1.807) is 0 Å². The average molecular weight is 260 g/mol. The molecule has 2 atom stereocenters. The van der Waals surface area contributed by atoms with Crippen molar-refractivity contribution in [3.63, 3.8) is 0 Å². The number of amides is 1. The van der Waals surface area contributed by atoms with E-state index < -0.39 is 12.2 Å². The van der Waals surface area contributed by atoms with Gasteiger partial charge in [0.05, 0.1) is 5.69 Å². The highest BCUT2D eigenvalue weighted by molar-refractivity contribution is 6.31. The van der Waals surface area contributed by atoms with E-state index in [1.165, 1.54) is 19.2 Å². The fourth-order valence-corrected chi connectivity index (χ4v) is 1.33. The van der Waals surface area contributed by atoms with Gasteiger partial charge in [-0.1, -0.05) is 11.6 Å². The number of nitrogens with two attached hydrogens (primary N) is 1. The molecule has 0 aliphatic rings. The number of aliphatic hydroxyl groups excluding tert-OH is 2. The summed E-state index contributed by atoms with van der Waals surface area (Å²) in [6, 6.07) is 1.43. The Morgan fingerprint density at radius 1 is 1.65 bits per heavy atom. The van der Waals surface area contributed by atoms with E-state index in [0.717, 1.165) is 0 Å². The van der Waals surface area contributed by atoms with Gasteiger partial charge in [0, 0.05) is 25.2 Å². The van der Waals surface area contributed by atoms with E-state index >= 15 is 0 Å². The van der Waals surface area contributed by atoms with Gasteiger partial charge in [0.1, 0.15) is 12.2 Å². The predicted octanol–water partition coefficient (Wildman–Crippen LogP) is -0.152. The lowest BCUT2D eigenvalue weighted by molar-refractivity contribution is -0.119. The number of nitrogen functional groups attached to an aromatic ring is 1. The Morgan fingerprint density at radius 3 is 2.82 bits per heavy atom. The van der Waals surface area contributed by atoms with Crippen LogP contribution >= 0.6 is 11.6 Å². The van der Waals surface area contributed by atoms with Crippen molar-refractivity contribution in [3.8, 4) is 0 Å². The van der Waals surface area contributed by atoms with Crippen LogP contribution in [-0.2, 0) is 4.79 Å². The largest absolute Gasteiger partial charge is 0.396 e. The summed E-state index contributed by atoms with van der Waals surface area (Å²) < 4.78 is 0. The average Bonchev–Trinajstić information content (AvgIpc) is 2.28. The third kappa shape index (κ3) is 3.85. The summed E-state index contributed by atoms with van der Waals surface area (Å²) in [6.45, 7) is 1.26. The number of rotatable bonds is 4. The summed E-state index contributed by atoms with van der Waals surface area (Å²) in [7, 11) is 0. The molecular weight excluding hydrogens is 246 g/mol. The Bertz CT molecular complexity index is 414. The number of nitrogens with zero attached hydrogens (tertiary/aromatic N) is 1. The third-order valence-corrected chi connectivity index (χ3v) is 2.47. The van der Waals surface area contributed by atoms with Gasteiger partial charge in [-0.05, 0) is 6.07 Å². The standard InChI is InChI=1S/C10H14ClN3O3/c1-5(15)13-4-8(16)9(17)6-2-7(12)10(11)14-3-6/h2-3,8-9,16-17H,4,12H2,1H3,(H,13,15). The quantitative estimate of drug-likeness (QED) is 0.562. The van der Waals surface area contributed by atoms with Gasteiger partial charge < -0.3 is 21.3 Å². The summed E-state index contributed by atoms with van der Waals surface area (Å²) in [5.41, 5.74) is 6.08. The minimum Gasteiger partial charge on any atom is -0.396 e. The van der Waals surface area contributed by atoms with Gasteiger partial charge in [0.2, 0.25) is 5.91 Å². The summed E-state index contributed by atoms with van der Waals surface area (Å²) >= 11 is 5.63. The van der Waals surface area contributed by atoms with E-state index in [2.05, 4.69) is 10.3 Å². The maximum Gasteiger partial charge on any atom is 0.216 e. The van der Waals surface area contributed by atoms with E-state index in [4.69, 9.17) is 17.3 Å². The Hall–Kier alpha value is -1.37. The molecule has 0 saturated heterocycles. The van der Waals surface area contributed by atoms with Crippen LogP contribution in [0.2, 0.25) is 5.15 Å². The van der Waals surface area contributed by atoms with Gasteiger partial charge in [-0.15, -0.1) is 0 Å². The van der Waals surface area contributed by atoms with Gasteiger partial charge in [-0.2, -0.15) is 0 Å². The SMILES string of the molecule is CC(=O)NCC(O)C(O)c1cnc(Cl)c(N)c1. The maximum absolute atomic E-state index is 10.7. The van der Waals surface area contributed by atoms with Crippen molar-refractivity contribution in [2.24, 2.45) is 0 Å². The first kappa shape index (κ1) is 13.7. The van der Waals surface area contributed by atoms with Crippen LogP contribution in [0.1, 0.15) is 18.6 Å². The molecule has 0 fully saturated rings. The molecule has 2 unspecified atom stereocenters. The zero-order valence-electron chi connectivity index (χ0n) is 9.22. The van der Waals surface area contributed by atoms with Gasteiger partial charge >= 0.3 is 0 Å². The molecule has 0 aliphatic carbocycles. The van der Waals surface area contributed by atoms with Crippen LogP contribution in [0.4, 0.5) is 5.69 Å². The van der Waals surface area contributed by atoms with Crippen molar-refractivity contribution in [2.75, 3.05) is 12.3 Å². The molecular formula is C10H14ClN3O3. The molecule has 0 radical (unpaired) electrons. The number of aliphatic hydroxyl groups is 2. The minimum absolute atomic E-state index is 0.0565. The fourth-order valence-electron chi connectivity index (χ4n) is 1.23. The lowest BCUT2D eigenvalue weighted by Crippen LogP contribution is -2.34. The first-order valence-corrected chi connectivity index (χ1v) is 5.31. The van der Waals surface area contributed by atoms with Crippen LogP contribution in [0.15, 0.2) is 12.3 Å². The number of anilines is 1. The van der Waals surface area contributed by atoms with E-state index in [1.807, 2.05) is 0 Å². The highest BCUT2D eigenvalue weighted by Gasteiger charge is 2.19. The number of nitrogens with one attached hydrogen (secondary N) is 1. The topological polar surface area (TPSA) is 108 Å². The van der Waals surface area contributed by atoms with E-state index in [9.17, 15) is 15.0 Å². The Kier molecular flexibility index (Phi) is 4.68. The van der Waals surface area contributed by atoms with Crippen LogP contribution in [-0.4, -0.2) is 33.8 Å². The second-order valence-corrected chi connectivity index (χ2v) is 3.96. The normalized spacial score (nSPS) is 14.1. The van der Waals surface area contributed by atoms with Gasteiger partial charge in [-0.3, -0.25) is 4.79 Å². The molecule has 0 spiro atoms. The highest BCUT2D eigenvalue weighted by Crippen LogP contribution is 2.22. The molecule has 1 aromatic rings. The molecule has 0 aliphatic heterocycles. The number of hydrogen-bond acceptors (Lipinski definition) is 5. The fraction of sp³-hybridized carbons (Fsp3) is 0.400. The van der Waals surface area contributed by atoms with Crippen LogP contribution in [0.25, 0.3) is 0 Å². The zero-order chi connectivity index (χ0) is 13.0. The number of pyridine rings is 1. The first-order chi connectivity index (χ1) is 7.91. The minimum atomic E-state index is -1.19. The van der Waals surface area contributed by atoms with Crippen LogP contribution in [0, 0.1) is 0 Å². The predicted molar refractivity (Wildman–Crippen MR) is 63.3 cm³/mol. The molecule has 17 heavy (non-hydrogen) atoms. The van der Waals surface area contributed by atoms with Gasteiger partial charge in [0.25, 0.3) is 0 Å². The molecule has 6 nitrogen and oxygen atoms in total. The molecule has 5 N–H and O–H groups in total. The van der Waals surface area contributed by atoms with Crippen LogP contribution in [0.5, 0.6) is 0 Å². The molecule has 1 amide bonds. The van der Waals surface area contributed by atoms with E-state index in [-0.39, 0.29) is 23.3 Å². The Labute approximate surface area is 103 Å². The molecule has 1 aromatic heterocycles. The molecule has 0 saturated carbocycles. The summed E-state index contributed by atoms with van der Waals surface area (Å²) in [5, 5.41) is 21.9. The molecule has 0 aromatic carbocycles. The number of halogens is 1. The number of aromatic nitrogens is 1. The summed E-state index contributed by atoms with van der Waals surface area (Å²) in [6.07, 6.45) is -1.00. The van der Waals surface area contributed by atoms with E-state index in [0.29, 0.717) is 5.56 Å². The van der Waals surface area contributed by atoms with Crippen LogP contribution < -0.4 is 11.1 Å². The maximum atomic E-state index is 10.7. The highest BCUT2D eigenvalue weighted by atomic mass is 35.5. The first-order valence-electron chi connectivity index (χ1n) is 4.93. The van der Waals surface area contributed by atoms with Crippen molar-refractivity contribution < 1.29 is 15.0 Å². The molecule has 7 heteroatoms. The number of carbonyl (C=O) groups is 1. The Morgan fingerprint density at radius 2 is 2.29 bits per heavy atom. The number of hydrogen-bond donors (Lipinski definition) is 4. The summed E-state index contributed by atoms with van der Waals surface area (Å²) in [5.74, 6) is -0.287. The monoisotopic (exact) mass is 259 g/mol. The third-order valence-electron chi connectivity index (χ3n) is 2.15.